The third-order valence-corrected chi connectivity index (χ3v) is 7.90. The third kappa shape index (κ3) is 7.04. The molecule has 0 radical (unpaired) electrons. The number of halogens is 1. The van der Waals surface area contributed by atoms with Gasteiger partial charge in [-0.3, -0.25) is 9.69 Å². The molecule has 0 amide bonds. The predicted octanol–water partition coefficient (Wildman–Crippen LogP) is 5.52. The van der Waals surface area contributed by atoms with Crippen molar-refractivity contribution in [3.05, 3.63) is 46.4 Å². The summed E-state index contributed by atoms with van der Waals surface area (Å²) in [7, 11) is 3.09. The van der Waals surface area contributed by atoms with E-state index in [1.807, 2.05) is 25.7 Å². The highest BCUT2D eigenvalue weighted by atomic mass is 19.1. The molecule has 2 aromatic rings. The average Bonchev–Trinajstić information content (AvgIpc) is 3.37. The lowest BCUT2D eigenvalue weighted by Crippen LogP contribution is -2.34. The topological polar surface area (TPSA) is 93.2 Å². The zero-order chi connectivity index (χ0) is 28.9. The molecule has 3 heterocycles. The van der Waals surface area contributed by atoms with Gasteiger partial charge in [0.15, 0.2) is 11.6 Å². The van der Waals surface area contributed by atoms with Gasteiger partial charge in [0.1, 0.15) is 17.6 Å². The summed E-state index contributed by atoms with van der Waals surface area (Å²) in [5.74, 6) is 0.313. The number of aliphatic carboxylic acids is 1. The zero-order valence-corrected chi connectivity index (χ0v) is 24.5. The number of unbranched alkanes of at least 4 members (excludes halogenated alkanes) is 2. The highest BCUT2D eigenvalue weighted by molar-refractivity contribution is 5.77. The second-order valence-electron chi connectivity index (χ2n) is 11.8. The third-order valence-electron chi connectivity index (χ3n) is 7.90. The number of fused-ring (bicyclic) bond motifs is 1. The summed E-state index contributed by atoms with van der Waals surface area (Å²) in [6.45, 7) is 8.54. The first kappa shape index (κ1) is 30.1. The van der Waals surface area contributed by atoms with Gasteiger partial charge in [0.25, 0.3) is 0 Å². The number of benzene rings is 1. The van der Waals surface area contributed by atoms with E-state index in [1.165, 1.54) is 18.7 Å². The van der Waals surface area contributed by atoms with Crippen molar-refractivity contribution in [2.24, 2.45) is 0 Å². The van der Waals surface area contributed by atoms with E-state index in [4.69, 9.17) is 19.2 Å². The SMILES string of the molecule is COc1cc(CCCCCO[C@@H]2CCN([C@@H](C(=O)O)c3cc(C(C)(C)C)cc(F)c3OC)C2)nc2c1CCCN2. The highest BCUT2D eigenvalue weighted by Crippen LogP contribution is 2.38. The number of carboxylic acid groups (broad SMARTS) is 1. The van der Waals surface area contributed by atoms with Crippen molar-refractivity contribution in [2.75, 3.05) is 45.8 Å². The molecule has 2 aliphatic rings. The van der Waals surface area contributed by atoms with Gasteiger partial charge in [-0.2, -0.15) is 0 Å². The lowest BCUT2D eigenvalue weighted by atomic mass is 9.84. The number of aromatic nitrogens is 1. The predicted molar refractivity (Wildman–Crippen MR) is 153 cm³/mol. The normalized spacial score (nSPS) is 18.2. The second-order valence-corrected chi connectivity index (χ2v) is 11.8. The smallest absolute Gasteiger partial charge is 0.325 e. The Kier molecular flexibility index (Phi) is 9.90. The van der Waals surface area contributed by atoms with Gasteiger partial charge in [-0.25, -0.2) is 9.37 Å². The van der Waals surface area contributed by atoms with Crippen molar-refractivity contribution in [2.45, 2.75) is 83.3 Å². The molecule has 0 aliphatic carbocycles. The Labute approximate surface area is 237 Å². The molecular formula is C31H44FN3O5. The number of ether oxygens (including phenoxy) is 3. The average molecular weight is 558 g/mol. The number of anilines is 1. The van der Waals surface area contributed by atoms with Crippen LogP contribution < -0.4 is 14.8 Å². The summed E-state index contributed by atoms with van der Waals surface area (Å²) < 4.78 is 32.0. The summed E-state index contributed by atoms with van der Waals surface area (Å²) >= 11 is 0. The number of rotatable bonds is 12. The first-order valence-electron chi connectivity index (χ1n) is 14.4. The number of nitrogens with one attached hydrogen (secondary N) is 1. The monoisotopic (exact) mass is 557 g/mol. The fraction of sp³-hybridized carbons (Fsp3) is 0.613. The number of hydrogen-bond acceptors (Lipinski definition) is 7. The van der Waals surface area contributed by atoms with Crippen molar-refractivity contribution in [3.8, 4) is 11.5 Å². The summed E-state index contributed by atoms with van der Waals surface area (Å²) in [5, 5.41) is 13.6. The van der Waals surface area contributed by atoms with Crippen molar-refractivity contribution < 1.29 is 28.5 Å². The molecule has 0 saturated carbocycles. The van der Waals surface area contributed by atoms with Gasteiger partial charge in [-0.05, 0) is 61.6 Å². The van der Waals surface area contributed by atoms with E-state index in [0.29, 0.717) is 25.3 Å². The number of likely N-dealkylation sites (tertiary alicyclic amines) is 1. The van der Waals surface area contributed by atoms with Gasteiger partial charge in [-0.15, -0.1) is 0 Å². The van der Waals surface area contributed by atoms with E-state index >= 15 is 0 Å². The molecule has 9 heteroatoms. The Bertz CT molecular complexity index is 1170. The maximum atomic E-state index is 14.9. The molecule has 8 nitrogen and oxygen atoms in total. The molecule has 2 N–H and O–H groups in total. The molecule has 0 bridgehead atoms. The number of hydrogen-bond donors (Lipinski definition) is 2. The summed E-state index contributed by atoms with van der Waals surface area (Å²) in [4.78, 5) is 19.1. The van der Waals surface area contributed by atoms with E-state index < -0.39 is 17.8 Å². The lowest BCUT2D eigenvalue weighted by Gasteiger charge is -2.28. The Morgan fingerprint density at radius 3 is 2.70 bits per heavy atom. The first-order valence-corrected chi connectivity index (χ1v) is 14.4. The van der Waals surface area contributed by atoms with E-state index in [2.05, 4.69) is 11.4 Å². The minimum atomic E-state index is -1.02. The fourth-order valence-corrected chi connectivity index (χ4v) is 5.68. The molecule has 2 aliphatic heterocycles. The van der Waals surface area contributed by atoms with Crippen molar-refractivity contribution in [1.29, 1.82) is 0 Å². The molecule has 1 saturated heterocycles. The second kappa shape index (κ2) is 13.2. The maximum absolute atomic E-state index is 14.9. The molecule has 2 atom stereocenters. The van der Waals surface area contributed by atoms with Gasteiger partial charge in [0.05, 0.1) is 20.3 Å². The molecule has 1 fully saturated rings. The van der Waals surface area contributed by atoms with E-state index in [9.17, 15) is 14.3 Å². The maximum Gasteiger partial charge on any atom is 0.325 e. The standard InChI is InChI=1S/C31H44FN3O5/c1-31(2,3)20-16-24(28(39-5)25(32)17-20)27(30(36)37)35-14-12-22(19-35)40-15-8-6-7-10-21-18-26(38-4)23-11-9-13-33-29(23)34-21/h16-18,22,27H,6-15,19H2,1-5H3,(H,33,34)(H,36,37)/t22-,27-/m1/s1. The largest absolute Gasteiger partial charge is 0.496 e. The Morgan fingerprint density at radius 2 is 2.00 bits per heavy atom. The molecule has 40 heavy (non-hydrogen) atoms. The Hall–Kier alpha value is -2.91. The van der Waals surface area contributed by atoms with Gasteiger partial charge in [0.2, 0.25) is 0 Å². The Balaban J connectivity index is 1.28. The molecule has 4 rings (SSSR count). The number of nitrogens with zero attached hydrogens (tertiary/aromatic N) is 2. The van der Waals surface area contributed by atoms with E-state index in [1.54, 1.807) is 13.2 Å². The molecule has 0 unspecified atom stereocenters. The van der Waals surface area contributed by atoms with Crippen molar-refractivity contribution in [3.63, 3.8) is 0 Å². The van der Waals surface area contributed by atoms with Crippen molar-refractivity contribution >= 4 is 11.8 Å². The minimum absolute atomic E-state index is 0.00779. The fourth-order valence-electron chi connectivity index (χ4n) is 5.68. The van der Waals surface area contributed by atoms with Gasteiger partial charge in [-0.1, -0.05) is 27.2 Å². The number of pyridine rings is 1. The number of methoxy groups -OCH3 is 2. The number of carboxylic acids is 1. The van der Waals surface area contributed by atoms with Crippen LogP contribution in [-0.2, 0) is 27.8 Å². The van der Waals surface area contributed by atoms with Crippen LogP contribution in [0.1, 0.15) is 81.3 Å². The van der Waals surface area contributed by atoms with Crippen LogP contribution in [0.25, 0.3) is 0 Å². The molecule has 1 aromatic carbocycles. The van der Waals surface area contributed by atoms with Crippen LogP contribution in [0.2, 0.25) is 0 Å². The van der Waals surface area contributed by atoms with Crippen LogP contribution in [0.15, 0.2) is 18.2 Å². The van der Waals surface area contributed by atoms with Crippen molar-refractivity contribution in [1.82, 2.24) is 9.88 Å². The van der Waals surface area contributed by atoms with Crippen LogP contribution in [-0.4, -0.2) is 67.5 Å². The highest BCUT2D eigenvalue weighted by Gasteiger charge is 2.37. The number of carbonyl (C=O) groups is 1. The van der Waals surface area contributed by atoms with Crippen LogP contribution in [0, 0.1) is 5.82 Å². The lowest BCUT2D eigenvalue weighted by molar-refractivity contribution is -0.143. The van der Waals surface area contributed by atoms with Crippen LogP contribution in [0.5, 0.6) is 11.5 Å². The molecule has 0 spiro atoms. The minimum Gasteiger partial charge on any atom is -0.496 e. The Morgan fingerprint density at radius 1 is 1.20 bits per heavy atom. The summed E-state index contributed by atoms with van der Waals surface area (Å²) in [6.07, 6.45) is 6.60. The van der Waals surface area contributed by atoms with Gasteiger partial charge < -0.3 is 24.6 Å². The summed E-state index contributed by atoms with van der Waals surface area (Å²) in [5.41, 5.74) is 2.97. The van der Waals surface area contributed by atoms with E-state index in [0.717, 1.165) is 74.3 Å². The molecule has 220 valence electrons. The van der Waals surface area contributed by atoms with Crippen LogP contribution in [0.4, 0.5) is 10.2 Å². The summed E-state index contributed by atoms with van der Waals surface area (Å²) in [6, 6.07) is 4.27. The van der Waals surface area contributed by atoms with Gasteiger partial charge >= 0.3 is 5.97 Å². The number of aryl methyl sites for hydroxylation is 1. The molecule has 1 aromatic heterocycles. The van der Waals surface area contributed by atoms with Crippen LogP contribution >= 0.6 is 0 Å². The van der Waals surface area contributed by atoms with Crippen LogP contribution in [0.3, 0.4) is 0 Å². The quantitative estimate of drug-likeness (QED) is 0.330. The first-order chi connectivity index (χ1) is 19.1. The van der Waals surface area contributed by atoms with E-state index in [-0.39, 0.29) is 17.3 Å². The molecular weight excluding hydrogens is 513 g/mol. The van der Waals surface area contributed by atoms with Gasteiger partial charge in [0, 0.05) is 49.1 Å². The zero-order valence-electron chi connectivity index (χ0n) is 24.5.